The van der Waals surface area contributed by atoms with Gasteiger partial charge < -0.3 is 0 Å². The molecule has 0 bridgehead atoms. The minimum atomic E-state index is 0.331. The van der Waals surface area contributed by atoms with Crippen LogP contribution in [0.4, 0.5) is 0 Å². The average Bonchev–Trinajstić information content (AvgIpc) is 2.51. The lowest BCUT2D eigenvalue weighted by molar-refractivity contribution is 0.122. The number of rotatable bonds is 0. The van der Waals surface area contributed by atoms with Gasteiger partial charge in [0.1, 0.15) is 0 Å². The molecule has 0 aromatic carbocycles. The van der Waals surface area contributed by atoms with Crippen molar-refractivity contribution in [1.29, 1.82) is 0 Å². The zero-order valence-electron chi connectivity index (χ0n) is 8.99. The highest BCUT2D eigenvalue weighted by molar-refractivity contribution is 4.97. The molecule has 13 heavy (non-hydrogen) atoms. The largest absolute Gasteiger partial charge is 0.270 e. The molecule has 0 aliphatic carbocycles. The fourth-order valence-electron chi connectivity index (χ4n) is 2.46. The molecule has 0 N–H and O–H groups in total. The Kier molecular flexibility index (Phi) is 1.86. The molecule has 3 nitrogen and oxygen atoms in total. The first-order chi connectivity index (χ1) is 6.00. The van der Waals surface area contributed by atoms with Gasteiger partial charge in [0.15, 0.2) is 0 Å². The van der Waals surface area contributed by atoms with Crippen molar-refractivity contribution in [1.82, 2.24) is 5.01 Å². The first-order valence-electron chi connectivity index (χ1n) is 5.19. The highest BCUT2D eigenvalue weighted by Gasteiger charge is 2.44. The van der Waals surface area contributed by atoms with Gasteiger partial charge in [0, 0.05) is 0 Å². The van der Waals surface area contributed by atoms with E-state index in [-0.39, 0.29) is 0 Å². The summed E-state index contributed by atoms with van der Waals surface area (Å²) in [5, 5.41) is 10.8. The van der Waals surface area contributed by atoms with E-state index < -0.39 is 0 Å². The maximum atomic E-state index is 4.28. The van der Waals surface area contributed by atoms with Crippen molar-refractivity contribution in [3.05, 3.63) is 0 Å². The van der Waals surface area contributed by atoms with Crippen molar-refractivity contribution < 1.29 is 0 Å². The third-order valence-electron chi connectivity index (χ3n) is 3.29. The maximum Gasteiger partial charge on any atom is 0.0921 e. The number of fused-ring (bicyclic) bond motifs is 1. The van der Waals surface area contributed by atoms with Gasteiger partial charge >= 0.3 is 0 Å². The Morgan fingerprint density at radius 2 is 1.92 bits per heavy atom. The van der Waals surface area contributed by atoms with Crippen LogP contribution in [0, 0.1) is 5.41 Å². The lowest BCUT2D eigenvalue weighted by Gasteiger charge is -2.32. The minimum absolute atomic E-state index is 0.331. The second-order valence-electron chi connectivity index (χ2n) is 5.35. The smallest absolute Gasteiger partial charge is 0.0921 e. The van der Waals surface area contributed by atoms with E-state index in [4.69, 9.17) is 0 Å². The van der Waals surface area contributed by atoms with E-state index in [0.29, 0.717) is 23.5 Å². The second kappa shape index (κ2) is 2.69. The highest BCUT2D eigenvalue weighted by Crippen LogP contribution is 2.40. The summed E-state index contributed by atoms with van der Waals surface area (Å²) in [5.41, 5.74) is 0.331. The molecule has 3 unspecified atom stereocenters. The van der Waals surface area contributed by atoms with Gasteiger partial charge in [-0.15, -0.1) is 0 Å². The molecule has 3 atom stereocenters. The Hall–Kier alpha value is -0.600. The predicted octanol–water partition coefficient (Wildman–Crippen LogP) is 2.63. The van der Waals surface area contributed by atoms with E-state index in [2.05, 4.69) is 43.0 Å². The van der Waals surface area contributed by atoms with Crippen LogP contribution < -0.4 is 0 Å². The van der Waals surface area contributed by atoms with Crippen LogP contribution >= 0.6 is 0 Å². The second-order valence-corrected chi connectivity index (χ2v) is 5.35. The predicted molar refractivity (Wildman–Crippen MR) is 52.4 cm³/mol. The third kappa shape index (κ3) is 1.34. The van der Waals surface area contributed by atoms with Gasteiger partial charge in [0.2, 0.25) is 0 Å². The van der Waals surface area contributed by atoms with E-state index in [9.17, 15) is 0 Å². The van der Waals surface area contributed by atoms with E-state index in [1.54, 1.807) is 0 Å². The summed E-state index contributed by atoms with van der Waals surface area (Å²) in [6.45, 7) is 9.04. The number of hydrogen-bond donors (Lipinski definition) is 0. The van der Waals surface area contributed by atoms with Crippen LogP contribution in [0.1, 0.15) is 40.5 Å². The van der Waals surface area contributed by atoms with Crippen LogP contribution in [-0.2, 0) is 0 Å². The molecule has 0 saturated carbocycles. The monoisotopic (exact) mass is 181 g/mol. The first-order valence-corrected chi connectivity index (χ1v) is 5.19. The molecule has 0 radical (unpaired) electrons. The van der Waals surface area contributed by atoms with E-state index >= 15 is 0 Å². The molecule has 0 spiro atoms. The van der Waals surface area contributed by atoms with Crippen LogP contribution in [0.2, 0.25) is 0 Å². The standard InChI is InChI=1S/C10H19N3/c1-7-8-5-6-9(10(2,3)4)13(8)12-11-7/h7-9H,5-6H2,1-4H3. The van der Waals surface area contributed by atoms with Crippen molar-refractivity contribution in [2.45, 2.75) is 58.7 Å². The summed E-state index contributed by atoms with van der Waals surface area (Å²) in [7, 11) is 0. The molecular weight excluding hydrogens is 162 g/mol. The number of nitrogens with zero attached hydrogens (tertiary/aromatic N) is 3. The van der Waals surface area contributed by atoms with Gasteiger partial charge in [-0.1, -0.05) is 26.0 Å². The molecule has 2 rings (SSSR count). The Morgan fingerprint density at radius 3 is 2.54 bits per heavy atom. The molecule has 1 saturated heterocycles. The minimum Gasteiger partial charge on any atom is -0.270 e. The van der Waals surface area contributed by atoms with Crippen LogP contribution in [0.5, 0.6) is 0 Å². The van der Waals surface area contributed by atoms with Crippen molar-refractivity contribution in [2.75, 3.05) is 0 Å². The normalized spacial score (nSPS) is 38.5. The Bertz CT molecular complexity index is 229. The van der Waals surface area contributed by atoms with Gasteiger partial charge in [-0.25, -0.2) is 0 Å². The van der Waals surface area contributed by atoms with Crippen molar-refractivity contribution >= 4 is 0 Å². The van der Waals surface area contributed by atoms with Crippen LogP contribution in [0.15, 0.2) is 10.3 Å². The van der Waals surface area contributed by atoms with Crippen LogP contribution in [0.25, 0.3) is 0 Å². The number of hydrogen-bond acceptors (Lipinski definition) is 3. The van der Waals surface area contributed by atoms with E-state index in [1.165, 1.54) is 12.8 Å². The van der Waals surface area contributed by atoms with Crippen molar-refractivity contribution in [3.63, 3.8) is 0 Å². The lowest BCUT2D eigenvalue weighted by atomic mass is 9.86. The zero-order chi connectivity index (χ0) is 9.64. The fraction of sp³-hybridized carbons (Fsp3) is 1.00. The Labute approximate surface area is 80.2 Å². The summed E-state index contributed by atoms with van der Waals surface area (Å²) in [6, 6.07) is 1.59. The highest BCUT2D eigenvalue weighted by atomic mass is 15.6. The molecule has 74 valence electrons. The van der Waals surface area contributed by atoms with Gasteiger partial charge in [0.05, 0.1) is 18.1 Å². The molecular formula is C10H19N3. The molecule has 1 fully saturated rings. The molecule has 2 heterocycles. The molecule has 3 heteroatoms. The van der Waals surface area contributed by atoms with Gasteiger partial charge in [-0.2, -0.15) is 5.11 Å². The van der Waals surface area contributed by atoms with Crippen molar-refractivity contribution in [3.8, 4) is 0 Å². The third-order valence-corrected chi connectivity index (χ3v) is 3.29. The van der Waals surface area contributed by atoms with Crippen LogP contribution in [0.3, 0.4) is 0 Å². The molecule has 2 aliphatic heterocycles. The lowest BCUT2D eigenvalue weighted by Crippen LogP contribution is -2.39. The maximum absolute atomic E-state index is 4.28. The zero-order valence-corrected chi connectivity index (χ0v) is 8.99. The molecule has 0 aromatic heterocycles. The topological polar surface area (TPSA) is 28.0 Å². The van der Waals surface area contributed by atoms with Gasteiger partial charge in [-0.3, -0.25) is 5.01 Å². The van der Waals surface area contributed by atoms with Gasteiger partial charge in [0.25, 0.3) is 0 Å². The molecule has 2 aliphatic rings. The molecule has 0 amide bonds. The summed E-state index contributed by atoms with van der Waals surface area (Å²) < 4.78 is 0. The van der Waals surface area contributed by atoms with Crippen LogP contribution in [-0.4, -0.2) is 23.1 Å². The molecule has 0 aromatic rings. The van der Waals surface area contributed by atoms with E-state index in [0.717, 1.165) is 0 Å². The van der Waals surface area contributed by atoms with Crippen molar-refractivity contribution in [2.24, 2.45) is 15.8 Å². The average molecular weight is 181 g/mol. The Morgan fingerprint density at radius 1 is 1.23 bits per heavy atom. The van der Waals surface area contributed by atoms with Gasteiger partial charge in [-0.05, 0) is 25.2 Å². The van der Waals surface area contributed by atoms with E-state index in [1.807, 2.05) is 0 Å². The first kappa shape index (κ1) is 8.97. The fourth-order valence-corrected chi connectivity index (χ4v) is 2.46. The Balaban J connectivity index is 2.15. The quantitative estimate of drug-likeness (QED) is 0.564. The SMILES string of the molecule is CC1N=NN2C1CCC2C(C)(C)C. The summed E-state index contributed by atoms with van der Waals surface area (Å²) in [4.78, 5) is 0. The summed E-state index contributed by atoms with van der Waals surface area (Å²) in [5.74, 6) is 0. The summed E-state index contributed by atoms with van der Waals surface area (Å²) in [6.07, 6.45) is 2.54. The summed E-state index contributed by atoms with van der Waals surface area (Å²) >= 11 is 0.